The highest BCUT2D eigenvalue weighted by Gasteiger charge is 2.18. The van der Waals surface area contributed by atoms with Crippen LogP contribution in [0, 0.1) is 5.92 Å². The summed E-state index contributed by atoms with van der Waals surface area (Å²) in [5.41, 5.74) is 2.00. The third kappa shape index (κ3) is 2.61. The molecule has 0 spiro atoms. The molecule has 1 aromatic heterocycles. The van der Waals surface area contributed by atoms with Crippen LogP contribution >= 0.6 is 23.2 Å². The molecule has 19 heavy (non-hydrogen) atoms. The fraction of sp³-hybridized carbons (Fsp3) is 0.533. The Morgan fingerprint density at radius 2 is 2.00 bits per heavy atom. The van der Waals surface area contributed by atoms with Gasteiger partial charge in [0.05, 0.1) is 21.9 Å². The van der Waals surface area contributed by atoms with Crippen LogP contribution in [-0.2, 0) is 12.4 Å². The van der Waals surface area contributed by atoms with Crippen molar-refractivity contribution in [2.75, 3.05) is 0 Å². The van der Waals surface area contributed by atoms with E-state index in [1.807, 2.05) is 18.2 Å². The van der Waals surface area contributed by atoms with Crippen molar-refractivity contribution in [3.05, 3.63) is 29.0 Å². The van der Waals surface area contributed by atoms with Gasteiger partial charge in [0.2, 0.25) is 0 Å². The van der Waals surface area contributed by atoms with Crippen LogP contribution in [0.2, 0.25) is 5.02 Å². The van der Waals surface area contributed by atoms with Crippen molar-refractivity contribution in [3.63, 3.8) is 0 Å². The van der Waals surface area contributed by atoms with Crippen LogP contribution in [0.25, 0.3) is 11.0 Å². The lowest BCUT2D eigenvalue weighted by molar-refractivity contribution is 0.320. The summed E-state index contributed by atoms with van der Waals surface area (Å²) in [6.07, 6.45) is 6.70. The molecular weight excluding hydrogens is 279 g/mol. The molecule has 2 aromatic rings. The van der Waals surface area contributed by atoms with Crippen molar-refractivity contribution < 1.29 is 0 Å². The molecule has 0 radical (unpaired) electrons. The predicted octanol–water partition coefficient (Wildman–Crippen LogP) is 5.01. The summed E-state index contributed by atoms with van der Waals surface area (Å²) in [5, 5.41) is 0.775. The zero-order chi connectivity index (χ0) is 13.2. The molecule has 0 aliphatic heterocycles. The summed E-state index contributed by atoms with van der Waals surface area (Å²) in [5.74, 6) is 2.12. The van der Waals surface area contributed by atoms with Crippen molar-refractivity contribution in [1.29, 1.82) is 0 Å². The molecule has 1 saturated carbocycles. The fourth-order valence-corrected chi connectivity index (χ4v) is 3.59. The SMILES string of the molecule is ClCc1nc2cccc(Cl)c2n1CC1CCCCC1. The number of fused-ring (bicyclic) bond motifs is 1. The number of para-hydroxylation sites is 1. The van der Waals surface area contributed by atoms with E-state index >= 15 is 0 Å². The van der Waals surface area contributed by atoms with Crippen molar-refractivity contribution >= 4 is 34.2 Å². The van der Waals surface area contributed by atoms with Gasteiger partial charge in [0, 0.05) is 6.54 Å². The number of hydrogen-bond acceptors (Lipinski definition) is 1. The van der Waals surface area contributed by atoms with E-state index < -0.39 is 0 Å². The second-order valence-corrected chi connectivity index (χ2v) is 6.06. The first-order valence-corrected chi connectivity index (χ1v) is 7.90. The molecular formula is C15H18Cl2N2. The van der Waals surface area contributed by atoms with Gasteiger partial charge in [0.15, 0.2) is 0 Å². The van der Waals surface area contributed by atoms with Crippen LogP contribution in [0.5, 0.6) is 0 Å². The first-order valence-electron chi connectivity index (χ1n) is 6.99. The second kappa shape index (κ2) is 5.72. The van der Waals surface area contributed by atoms with E-state index in [0.29, 0.717) is 5.88 Å². The minimum Gasteiger partial charge on any atom is -0.325 e. The van der Waals surface area contributed by atoms with Crippen molar-refractivity contribution in [1.82, 2.24) is 9.55 Å². The third-order valence-corrected chi connectivity index (χ3v) is 4.63. The summed E-state index contributed by atoms with van der Waals surface area (Å²) in [7, 11) is 0. The maximum atomic E-state index is 6.35. The normalized spacial score (nSPS) is 17.2. The van der Waals surface area contributed by atoms with E-state index in [-0.39, 0.29) is 0 Å². The Labute approximate surface area is 123 Å². The largest absolute Gasteiger partial charge is 0.325 e. The zero-order valence-corrected chi connectivity index (χ0v) is 12.4. The summed E-state index contributed by atoms with van der Waals surface area (Å²) >= 11 is 12.4. The van der Waals surface area contributed by atoms with Crippen LogP contribution in [-0.4, -0.2) is 9.55 Å². The molecule has 1 aliphatic carbocycles. The van der Waals surface area contributed by atoms with Crippen LogP contribution in [0.3, 0.4) is 0 Å². The van der Waals surface area contributed by atoms with E-state index in [1.165, 1.54) is 32.1 Å². The second-order valence-electron chi connectivity index (χ2n) is 5.38. The van der Waals surface area contributed by atoms with Gasteiger partial charge in [-0.05, 0) is 30.9 Å². The highest BCUT2D eigenvalue weighted by atomic mass is 35.5. The fourth-order valence-electron chi connectivity index (χ4n) is 3.12. The summed E-state index contributed by atoms with van der Waals surface area (Å²) in [6, 6.07) is 5.89. The number of benzene rings is 1. The molecule has 1 aliphatic rings. The number of nitrogens with zero attached hydrogens (tertiary/aromatic N) is 2. The van der Waals surface area contributed by atoms with Gasteiger partial charge in [-0.2, -0.15) is 0 Å². The summed E-state index contributed by atoms with van der Waals surface area (Å²) in [4.78, 5) is 4.60. The molecule has 0 bridgehead atoms. The Morgan fingerprint density at radius 3 is 2.74 bits per heavy atom. The van der Waals surface area contributed by atoms with Crippen LogP contribution in [0.4, 0.5) is 0 Å². The molecule has 3 rings (SSSR count). The highest BCUT2D eigenvalue weighted by molar-refractivity contribution is 6.35. The number of imidazole rings is 1. The summed E-state index contributed by atoms with van der Waals surface area (Å²) in [6.45, 7) is 1.00. The van der Waals surface area contributed by atoms with Gasteiger partial charge in [0.25, 0.3) is 0 Å². The lowest BCUT2D eigenvalue weighted by Crippen LogP contribution is -2.15. The Hall–Kier alpha value is -0.730. The van der Waals surface area contributed by atoms with Gasteiger partial charge in [-0.25, -0.2) is 4.98 Å². The molecule has 4 heteroatoms. The smallest absolute Gasteiger partial charge is 0.124 e. The number of alkyl halides is 1. The number of rotatable bonds is 3. The first kappa shape index (κ1) is 13.3. The minimum absolute atomic E-state index is 0.442. The van der Waals surface area contributed by atoms with Crippen LogP contribution in [0.1, 0.15) is 37.9 Å². The zero-order valence-electron chi connectivity index (χ0n) is 10.9. The standard InChI is InChI=1S/C15H18Cl2N2/c16-9-14-18-13-8-4-7-12(17)15(13)19(14)10-11-5-2-1-3-6-11/h4,7-8,11H,1-3,5-6,9-10H2. The topological polar surface area (TPSA) is 17.8 Å². The van der Waals surface area contributed by atoms with Gasteiger partial charge < -0.3 is 4.57 Å². The minimum atomic E-state index is 0.442. The average molecular weight is 297 g/mol. The summed E-state index contributed by atoms with van der Waals surface area (Å²) < 4.78 is 2.24. The molecule has 102 valence electrons. The van der Waals surface area contributed by atoms with Gasteiger partial charge in [0.1, 0.15) is 5.82 Å². The Morgan fingerprint density at radius 1 is 1.21 bits per heavy atom. The third-order valence-electron chi connectivity index (χ3n) is 4.08. The number of aromatic nitrogens is 2. The maximum Gasteiger partial charge on any atom is 0.124 e. The van der Waals surface area contributed by atoms with Gasteiger partial charge >= 0.3 is 0 Å². The van der Waals surface area contributed by atoms with E-state index in [0.717, 1.165) is 34.3 Å². The lowest BCUT2D eigenvalue weighted by Gasteiger charge is -2.23. The van der Waals surface area contributed by atoms with Gasteiger partial charge in [-0.1, -0.05) is 36.9 Å². The molecule has 1 aromatic carbocycles. The van der Waals surface area contributed by atoms with E-state index in [1.54, 1.807) is 0 Å². The number of hydrogen-bond donors (Lipinski definition) is 0. The Kier molecular flexibility index (Phi) is 3.99. The highest BCUT2D eigenvalue weighted by Crippen LogP contribution is 2.30. The predicted molar refractivity (Wildman–Crippen MR) is 80.9 cm³/mol. The Balaban J connectivity index is 2.00. The quantitative estimate of drug-likeness (QED) is 0.728. The average Bonchev–Trinajstić information content (AvgIpc) is 2.79. The van der Waals surface area contributed by atoms with Gasteiger partial charge in [-0.15, -0.1) is 11.6 Å². The monoisotopic (exact) mass is 296 g/mol. The Bertz CT molecular complexity index is 571. The van der Waals surface area contributed by atoms with E-state index in [4.69, 9.17) is 23.2 Å². The molecule has 1 fully saturated rings. The van der Waals surface area contributed by atoms with E-state index in [9.17, 15) is 0 Å². The lowest BCUT2D eigenvalue weighted by atomic mass is 9.89. The van der Waals surface area contributed by atoms with Crippen molar-refractivity contribution in [2.24, 2.45) is 5.92 Å². The van der Waals surface area contributed by atoms with E-state index in [2.05, 4.69) is 9.55 Å². The molecule has 0 unspecified atom stereocenters. The number of halogens is 2. The maximum absolute atomic E-state index is 6.35. The molecule has 2 nitrogen and oxygen atoms in total. The molecule has 1 heterocycles. The van der Waals surface area contributed by atoms with Crippen molar-refractivity contribution in [2.45, 2.75) is 44.5 Å². The molecule has 0 atom stereocenters. The molecule has 0 amide bonds. The van der Waals surface area contributed by atoms with Crippen molar-refractivity contribution in [3.8, 4) is 0 Å². The molecule has 0 N–H and O–H groups in total. The van der Waals surface area contributed by atoms with Gasteiger partial charge in [-0.3, -0.25) is 0 Å². The van der Waals surface area contributed by atoms with Crippen LogP contribution in [0.15, 0.2) is 18.2 Å². The first-order chi connectivity index (χ1) is 9.29. The molecule has 0 saturated heterocycles. The van der Waals surface area contributed by atoms with Crippen LogP contribution < -0.4 is 0 Å².